The zero-order valence-electron chi connectivity index (χ0n) is 21.1. The Bertz CT molecular complexity index is 1600. The largest absolute Gasteiger partial charge is 0.386 e. The van der Waals surface area contributed by atoms with E-state index >= 15 is 0 Å². The van der Waals surface area contributed by atoms with Crippen LogP contribution in [0.15, 0.2) is 71.8 Å². The van der Waals surface area contributed by atoms with E-state index < -0.39 is 21.0 Å². The van der Waals surface area contributed by atoms with E-state index in [1.54, 1.807) is 74.9 Å². The molecule has 0 fully saturated rings. The highest BCUT2D eigenvalue weighted by molar-refractivity contribution is 7.90. The molecule has 4 aromatic rings. The minimum absolute atomic E-state index is 0.0585. The highest BCUT2D eigenvalue weighted by Crippen LogP contribution is 2.37. The first-order valence-corrected chi connectivity index (χ1v) is 14.2. The molecule has 9 heteroatoms. The molecule has 4 rings (SSSR count). The maximum absolute atomic E-state index is 12.5. The van der Waals surface area contributed by atoms with Gasteiger partial charge in [-0.05, 0) is 69.2 Å². The maximum Gasteiger partial charge on any atom is 0.175 e. The lowest BCUT2D eigenvalue weighted by atomic mass is 9.95. The molecule has 0 aliphatic carbocycles. The van der Waals surface area contributed by atoms with Crippen LogP contribution in [0.5, 0.6) is 0 Å². The van der Waals surface area contributed by atoms with Crippen LogP contribution in [-0.2, 0) is 21.0 Å². The molecule has 1 heterocycles. The fourth-order valence-electron chi connectivity index (χ4n) is 4.09. The van der Waals surface area contributed by atoms with Gasteiger partial charge in [0.25, 0.3) is 0 Å². The van der Waals surface area contributed by atoms with Crippen LogP contribution in [0.4, 0.5) is 0 Å². The summed E-state index contributed by atoms with van der Waals surface area (Å²) in [6.45, 7) is 6.40. The van der Waals surface area contributed by atoms with Crippen LogP contribution in [0.2, 0.25) is 10.0 Å². The Labute approximate surface area is 227 Å². The molecule has 2 N–H and O–H groups in total. The number of aliphatic hydroxyl groups is 2. The SMILES string of the molecule is CC(C)(O)c1cn(-c2ccc(-c3ccc(C(C)(C)O)c(S(C)(=O)=O)c3)cc2Cl)c(-c2ccccc2Cl)n1. The third-order valence-electron chi connectivity index (χ3n) is 6.03. The molecular weight excluding hydrogens is 531 g/mol. The van der Waals surface area contributed by atoms with Gasteiger partial charge in [-0.15, -0.1) is 0 Å². The van der Waals surface area contributed by atoms with Crippen molar-refractivity contribution < 1.29 is 18.6 Å². The number of rotatable bonds is 6. The Hall–Kier alpha value is -2.68. The molecular formula is C28H28Cl2N2O4S. The van der Waals surface area contributed by atoms with Gasteiger partial charge in [0.1, 0.15) is 11.4 Å². The summed E-state index contributed by atoms with van der Waals surface area (Å²) in [5.41, 5.74) is 0.870. The van der Waals surface area contributed by atoms with E-state index in [0.29, 0.717) is 49.5 Å². The van der Waals surface area contributed by atoms with Gasteiger partial charge in [-0.25, -0.2) is 13.4 Å². The molecule has 0 aliphatic heterocycles. The molecule has 194 valence electrons. The van der Waals surface area contributed by atoms with Crippen LogP contribution >= 0.6 is 23.2 Å². The fraction of sp³-hybridized carbons (Fsp3) is 0.250. The molecule has 0 amide bonds. The number of hydrogen-bond donors (Lipinski definition) is 2. The average molecular weight is 560 g/mol. The predicted molar refractivity (Wildman–Crippen MR) is 148 cm³/mol. The Kier molecular flexibility index (Phi) is 7.07. The minimum Gasteiger partial charge on any atom is -0.386 e. The van der Waals surface area contributed by atoms with E-state index in [-0.39, 0.29) is 4.90 Å². The second-order valence-electron chi connectivity index (χ2n) is 10.1. The summed E-state index contributed by atoms with van der Waals surface area (Å²) >= 11 is 13.2. The van der Waals surface area contributed by atoms with Crippen LogP contribution in [0.1, 0.15) is 39.0 Å². The summed E-state index contributed by atoms with van der Waals surface area (Å²) in [4.78, 5) is 4.72. The van der Waals surface area contributed by atoms with E-state index in [9.17, 15) is 18.6 Å². The summed E-state index contributed by atoms with van der Waals surface area (Å²) in [6.07, 6.45) is 2.84. The molecule has 37 heavy (non-hydrogen) atoms. The highest BCUT2D eigenvalue weighted by atomic mass is 35.5. The molecule has 0 radical (unpaired) electrons. The van der Waals surface area contributed by atoms with Crippen molar-refractivity contribution in [2.75, 3.05) is 6.26 Å². The normalized spacial score (nSPS) is 12.7. The number of hydrogen-bond acceptors (Lipinski definition) is 5. The Morgan fingerprint density at radius 3 is 2.03 bits per heavy atom. The molecule has 0 spiro atoms. The van der Waals surface area contributed by atoms with Crippen LogP contribution < -0.4 is 0 Å². The van der Waals surface area contributed by atoms with Crippen LogP contribution in [0, 0.1) is 0 Å². The lowest BCUT2D eigenvalue weighted by molar-refractivity contribution is 0.0741. The third kappa shape index (κ3) is 5.61. The molecule has 6 nitrogen and oxygen atoms in total. The predicted octanol–water partition coefficient (Wildman–Crippen LogP) is 6.37. The molecule has 0 atom stereocenters. The summed E-state index contributed by atoms with van der Waals surface area (Å²) < 4.78 is 26.8. The summed E-state index contributed by atoms with van der Waals surface area (Å²) in [5, 5.41) is 22.0. The van der Waals surface area contributed by atoms with Gasteiger partial charge in [0, 0.05) is 23.6 Å². The van der Waals surface area contributed by atoms with Crippen LogP contribution in [0.3, 0.4) is 0 Å². The zero-order chi connectivity index (χ0) is 27.3. The smallest absolute Gasteiger partial charge is 0.175 e. The Morgan fingerprint density at radius 2 is 1.46 bits per heavy atom. The standard InChI is InChI=1S/C28H28Cl2N2O4S/c1-27(2,33)20-12-10-18(15-24(20)37(5,35)36)17-11-13-23(22(30)14-17)32-16-25(28(3,4)34)31-26(32)19-8-6-7-9-21(19)29/h6-16,33-34H,1-5H3. The summed E-state index contributed by atoms with van der Waals surface area (Å²) in [5.74, 6) is 0.520. The molecule has 0 saturated carbocycles. The first-order valence-electron chi connectivity index (χ1n) is 11.5. The van der Waals surface area contributed by atoms with Crippen molar-refractivity contribution in [3.63, 3.8) is 0 Å². The molecule has 0 bridgehead atoms. The second kappa shape index (κ2) is 9.57. The fourth-order valence-corrected chi connectivity index (χ4v) is 5.64. The van der Waals surface area contributed by atoms with Crippen molar-refractivity contribution in [1.29, 1.82) is 0 Å². The highest BCUT2D eigenvalue weighted by Gasteiger charge is 2.26. The van der Waals surface area contributed by atoms with Gasteiger partial charge in [0.05, 0.1) is 31.9 Å². The molecule has 0 unspecified atom stereocenters. The second-order valence-corrected chi connectivity index (χ2v) is 12.9. The van der Waals surface area contributed by atoms with Crippen molar-refractivity contribution in [3.05, 3.63) is 88.2 Å². The van der Waals surface area contributed by atoms with Crippen LogP contribution in [-0.4, -0.2) is 34.4 Å². The van der Waals surface area contributed by atoms with E-state index in [4.69, 9.17) is 23.2 Å². The van der Waals surface area contributed by atoms with Gasteiger partial charge in [-0.3, -0.25) is 4.57 Å². The van der Waals surface area contributed by atoms with Crippen molar-refractivity contribution in [2.24, 2.45) is 0 Å². The first kappa shape index (κ1) is 27.4. The Morgan fingerprint density at radius 1 is 0.838 bits per heavy atom. The molecule has 1 aromatic heterocycles. The monoisotopic (exact) mass is 558 g/mol. The summed E-state index contributed by atoms with van der Waals surface area (Å²) in [6, 6.07) is 17.6. The minimum atomic E-state index is -3.60. The number of imidazole rings is 1. The first-order chi connectivity index (χ1) is 17.1. The Balaban J connectivity index is 1.87. The third-order valence-corrected chi connectivity index (χ3v) is 7.80. The number of benzene rings is 3. The van der Waals surface area contributed by atoms with Gasteiger partial charge >= 0.3 is 0 Å². The molecule has 3 aromatic carbocycles. The van der Waals surface area contributed by atoms with Crippen LogP contribution in [0.25, 0.3) is 28.2 Å². The number of sulfone groups is 1. The van der Waals surface area contributed by atoms with E-state index in [1.165, 1.54) is 0 Å². The quantitative estimate of drug-likeness (QED) is 0.286. The topological polar surface area (TPSA) is 92.4 Å². The van der Waals surface area contributed by atoms with Gasteiger partial charge in [0.15, 0.2) is 9.84 Å². The lowest BCUT2D eigenvalue weighted by Gasteiger charge is -2.22. The molecule has 0 saturated heterocycles. The van der Waals surface area contributed by atoms with Gasteiger partial charge in [0.2, 0.25) is 0 Å². The maximum atomic E-state index is 12.5. The number of nitrogens with zero attached hydrogens (tertiary/aromatic N) is 2. The zero-order valence-corrected chi connectivity index (χ0v) is 23.4. The number of halogens is 2. The molecule has 0 aliphatic rings. The average Bonchev–Trinajstić information content (AvgIpc) is 3.23. The van der Waals surface area contributed by atoms with Gasteiger partial charge in [-0.2, -0.15) is 0 Å². The van der Waals surface area contributed by atoms with E-state index in [2.05, 4.69) is 4.98 Å². The van der Waals surface area contributed by atoms with Crippen molar-refractivity contribution in [1.82, 2.24) is 9.55 Å². The van der Waals surface area contributed by atoms with Crippen molar-refractivity contribution >= 4 is 33.0 Å². The van der Waals surface area contributed by atoms with Crippen molar-refractivity contribution in [3.8, 4) is 28.2 Å². The number of aromatic nitrogens is 2. The van der Waals surface area contributed by atoms with E-state index in [1.807, 2.05) is 24.3 Å². The van der Waals surface area contributed by atoms with Gasteiger partial charge < -0.3 is 10.2 Å². The summed E-state index contributed by atoms with van der Waals surface area (Å²) in [7, 11) is -3.60. The van der Waals surface area contributed by atoms with Gasteiger partial charge in [-0.1, -0.05) is 53.5 Å². The van der Waals surface area contributed by atoms with E-state index in [0.717, 1.165) is 6.26 Å². The van der Waals surface area contributed by atoms with Crippen molar-refractivity contribution in [2.45, 2.75) is 43.8 Å². The lowest BCUT2D eigenvalue weighted by Crippen LogP contribution is -2.19.